The molecule has 0 bridgehead atoms. The molecule has 0 saturated carbocycles. The van der Waals surface area contributed by atoms with Gasteiger partial charge in [0.15, 0.2) is 0 Å². The molecule has 1 N–H and O–H groups in total. The molecule has 1 unspecified atom stereocenters. The lowest BCUT2D eigenvalue weighted by Gasteiger charge is -2.25. The summed E-state index contributed by atoms with van der Waals surface area (Å²) >= 11 is 0. The van der Waals surface area contributed by atoms with E-state index in [1.54, 1.807) is 5.57 Å². The Morgan fingerprint density at radius 2 is 2.22 bits per heavy atom. The molecule has 0 saturated heterocycles. The molecule has 1 aliphatic carbocycles. The van der Waals surface area contributed by atoms with Gasteiger partial charge in [-0.1, -0.05) is 24.6 Å². The van der Waals surface area contributed by atoms with Crippen LogP contribution in [0.5, 0.6) is 0 Å². The Labute approximate surface area is 111 Å². The van der Waals surface area contributed by atoms with Crippen molar-refractivity contribution in [1.82, 2.24) is 10.3 Å². The second-order valence-electron chi connectivity index (χ2n) is 5.21. The average Bonchev–Trinajstić information content (AvgIpc) is 2.40. The minimum atomic E-state index is 0.373. The van der Waals surface area contributed by atoms with Crippen LogP contribution in [0, 0.1) is 6.92 Å². The fourth-order valence-electron chi connectivity index (χ4n) is 2.61. The van der Waals surface area contributed by atoms with E-state index in [-0.39, 0.29) is 0 Å². The highest BCUT2D eigenvalue weighted by atomic mass is 14.9. The average molecular weight is 244 g/mol. The lowest BCUT2D eigenvalue weighted by Crippen LogP contribution is -2.25. The van der Waals surface area contributed by atoms with Gasteiger partial charge in [0, 0.05) is 12.4 Å². The minimum absolute atomic E-state index is 0.373. The normalized spacial score (nSPS) is 17.3. The van der Waals surface area contributed by atoms with E-state index >= 15 is 0 Å². The summed E-state index contributed by atoms with van der Waals surface area (Å²) in [5.74, 6) is 0. The summed E-state index contributed by atoms with van der Waals surface area (Å²) < 4.78 is 0. The molecule has 0 aliphatic heterocycles. The molecular weight excluding hydrogens is 220 g/mol. The highest BCUT2D eigenvalue weighted by Crippen LogP contribution is 2.29. The lowest BCUT2D eigenvalue weighted by molar-refractivity contribution is 0.545. The Bertz CT molecular complexity index is 409. The first-order valence-corrected chi connectivity index (χ1v) is 7.15. The first-order valence-electron chi connectivity index (χ1n) is 7.15. The SMILES string of the molecule is CCCNC(C1=CCCCC1)c1cncc(C)c1. The van der Waals surface area contributed by atoms with Crippen LogP contribution in [0.15, 0.2) is 30.1 Å². The molecule has 98 valence electrons. The van der Waals surface area contributed by atoms with E-state index in [2.05, 4.69) is 36.3 Å². The number of hydrogen-bond donors (Lipinski definition) is 1. The molecule has 1 heterocycles. The number of allylic oxidation sites excluding steroid dienone is 1. The van der Waals surface area contributed by atoms with Crippen LogP contribution in [0.3, 0.4) is 0 Å². The van der Waals surface area contributed by atoms with Crippen LogP contribution < -0.4 is 5.32 Å². The van der Waals surface area contributed by atoms with Crippen LogP contribution in [-0.4, -0.2) is 11.5 Å². The maximum Gasteiger partial charge on any atom is 0.0551 e. The van der Waals surface area contributed by atoms with Gasteiger partial charge in [-0.15, -0.1) is 0 Å². The van der Waals surface area contributed by atoms with E-state index in [9.17, 15) is 0 Å². The van der Waals surface area contributed by atoms with Crippen molar-refractivity contribution in [2.75, 3.05) is 6.54 Å². The lowest BCUT2D eigenvalue weighted by atomic mass is 9.90. The highest BCUT2D eigenvalue weighted by Gasteiger charge is 2.17. The van der Waals surface area contributed by atoms with Gasteiger partial charge in [-0.05, 0) is 56.7 Å². The zero-order chi connectivity index (χ0) is 12.8. The Hall–Kier alpha value is -1.15. The third-order valence-corrected chi connectivity index (χ3v) is 3.52. The predicted molar refractivity (Wildman–Crippen MR) is 76.6 cm³/mol. The van der Waals surface area contributed by atoms with E-state index in [1.807, 2.05) is 12.4 Å². The van der Waals surface area contributed by atoms with E-state index < -0.39 is 0 Å². The molecule has 2 rings (SSSR count). The molecule has 0 radical (unpaired) electrons. The van der Waals surface area contributed by atoms with Crippen molar-refractivity contribution < 1.29 is 0 Å². The summed E-state index contributed by atoms with van der Waals surface area (Å²) in [5, 5.41) is 3.67. The smallest absolute Gasteiger partial charge is 0.0551 e. The van der Waals surface area contributed by atoms with Gasteiger partial charge in [0.2, 0.25) is 0 Å². The maximum absolute atomic E-state index is 4.34. The van der Waals surface area contributed by atoms with Crippen LogP contribution in [0.2, 0.25) is 0 Å². The van der Waals surface area contributed by atoms with Gasteiger partial charge in [-0.25, -0.2) is 0 Å². The van der Waals surface area contributed by atoms with Gasteiger partial charge in [-0.3, -0.25) is 4.98 Å². The summed E-state index contributed by atoms with van der Waals surface area (Å²) in [6.45, 7) is 5.40. The highest BCUT2D eigenvalue weighted by molar-refractivity contribution is 5.29. The first kappa shape index (κ1) is 13.3. The summed E-state index contributed by atoms with van der Waals surface area (Å²) in [7, 11) is 0. The molecule has 0 amide bonds. The van der Waals surface area contributed by atoms with Crippen LogP contribution in [0.25, 0.3) is 0 Å². The standard InChI is InChI=1S/C16H24N2/c1-3-9-18-16(14-7-5-4-6-8-14)15-10-13(2)11-17-12-15/h7,10-12,16,18H,3-6,8-9H2,1-2H3. The Kier molecular flexibility index (Phi) is 4.94. The molecule has 1 aliphatic rings. The molecule has 2 heteroatoms. The topological polar surface area (TPSA) is 24.9 Å². The van der Waals surface area contributed by atoms with E-state index in [4.69, 9.17) is 0 Å². The van der Waals surface area contributed by atoms with Crippen molar-refractivity contribution in [3.05, 3.63) is 41.2 Å². The second-order valence-corrected chi connectivity index (χ2v) is 5.21. The maximum atomic E-state index is 4.34. The second kappa shape index (κ2) is 6.69. The molecule has 18 heavy (non-hydrogen) atoms. The van der Waals surface area contributed by atoms with E-state index in [1.165, 1.54) is 43.2 Å². The quantitative estimate of drug-likeness (QED) is 0.794. The molecule has 1 aromatic heterocycles. The third-order valence-electron chi connectivity index (χ3n) is 3.52. The zero-order valence-electron chi connectivity index (χ0n) is 11.6. The number of nitrogens with one attached hydrogen (secondary N) is 1. The molecular formula is C16H24N2. The molecule has 0 spiro atoms. The van der Waals surface area contributed by atoms with Gasteiger partial charge in [0.05, 0.1) is 6.04 Å². The Balaban J connectivity index is 2.21. The fourth-order valence-corrected chi connectivity index (χ4v) is 2.61. The summed E-state index contributed by atoms with van der Waals surface area (Å²) in [6, 6.07) is 2.63. The number of aryl methyl sites for hydroxylation is 1. The molecule has 0 fully saturated rings. The van der Waals surface area contributed by atoms with Crippen LogP contribution >= 0.6 is 0 Å². The number of rotatable bonds is 5. The van der Waals surface area contributed by atoms with Gasteiger partial charge < -0.3 is 5.32 Å². The Morgan fingerprint density at radius 1 is 1.33 bits per heavy atom. The van der Waals surface area contributed by atoms with Crippen molar-refractivity contribution in [3.63, 3.8) is 0 Å². The van der Waals surface area contributed by atoms with Crippen LogP contribution in [0.4, 0.5) is 0 Å². The molecule has 1 aromatic rings. The number of hydrogen-bond acceptors (Lipinski definition) is 2. The Morgan fingerprint density at radius 3 is 2.89 bits per heavy atom. The van der Waals surface area contributed by atoms with Gasteiger partial charge >= 0.3 is 0 Å². The van der Waals surface area contributed by atoms with Crippen molar-refractivity contribution in [1.29, 1.82) is 0 Å². The number of nitrogens with zero attached hydrogens (tertiary/aromatic N) is 1. The van der Waals surface area contributed by atoms with Gasteiger partial charge in [0.1, 0.15) is 0 Å². The largest absolute Gasteiger partial charge is 0.306 e. The number of pyridine rings is 1. The van der Waals surface area contributed by atoms with Crippen LogP contribution in [-0.2, 0) is 0 Å². The van der Waals surface area contributed by atoms with Crippen molar-refractivity contribution in [2.45, 2.75) is 52.0 Å². The summed E-state index contributed by atoms with van der Waals surface area (Å²) in [5.41, 5.74) is 4.12. The number of aromatic nitrogens is 1. The van der Waals surface area contributed by atoms with E-state index in [0.717, 1.165) is 6.54 Å². The van der Waals surface area contributed by atoms with Gasteiger partial charge in [-0.2, -0.15) is 0 Å². The fraction of sp³-hybridized carbons (Fsp3) is 0.562. The molecule has 0 aromatic carbocycles. The molecule has 1 atom stereocenters. The van der Waals surface area contributed by atoms with Crippen LogP contribution in [0.1, 0.15) is 56.2 Å². The third kappa shape index (κ3) is 3.42. The van der Waals surface area contributed by atoms with Crippen molar-refractivity contribution in [3.8, 4) is 0 Å². The van der Waals surface area contributed by atoms with Crippen molar-refractivity contribution in [2.24, 2.45) is 0 Å². The van der Waals surface area contributed by atoms with E-state index in [0.29, 0.717) is 6.04 Å². The first-order chi connectivity index (χ1) is 8.81. The summed E-state index contributed by atoms with van der Waals surface area (Å²) in [4.78, 5) is 4.34. The zero-order valence-corrected chi connectivity index (χ0v) is 11.6. The minimum Gasteiger partial charge on any atom is -0.306 e. The summed E-state index contributed by atoms with van der Waals surface area (Å²) in [6.07, 6.45) is 12.7. The predicted octanol–water partition coefficient (Wildman–Crippen LogP) is 3.93. The van der Waals surface area contributed by atoms with Crippen molar-refractivity contribution >= 4 is 0 Å². The monoisotopic (exact) mass is 244 g/mol. The van der Waals surface area contributed by atoms with Gasteiger partial charge in [0.25, 0.3) is 0 Å². The molecule has 2 nitrogen and oxygen atoms in total.